The van der Waals surface area contributed by atoms with Crippen molar-refractivity contribution >= 4 is 6.41 Å². The number of fused-ring (bicyclic) bond motifs is 1. The van der Waals surface area contributed by atoms with Crippen LogP contribution in [0.5, 0.6) is 0 Å². The molecule has 20 heavy (non-hydrogen) atoms. The minimum Gasteiger partial charge on any atom is -0.348 e. The molecule has 5 atom stereocenters. The molecule has 2 N–H and O–H groups in total. The van der Waals surface area contributed by atoms with Gasteiger partial charge >= 0.3 is 0 Å². The molecule has 1 saturated heterocycles. The lowest BCUT2D eigenvalue weighted by Crippen LogP contribution is -2.45. The maximum atomic E-state index is 11.6. The molecule has 0 radical (unpaired) electrons. The first kappa shape index (κ1) is 12.4. The molecule has 3 aliphatic rings. The molecule has 5 heteroatoms. The Kier molecular flexibility index (Phi) is 3.02. The van der Waals surface area contributed by atoms with E-state index in [9.17, 15) is 4.79 Å². The number of amides is 1. The first-order valence-corrected chi connectivity index (χ1v) is 7.84. The van der Waals surface area contributed by atoms with E-state index < -0.39 is 0 Å². The predicted molar refractivity (Wildman–Crippen MR) is 74.9 cm³/mol. The van der Waals surface area contributed by atoms with Crippen molar-refractivity contribution < 1.29 is 4.79 Å². The Bertz CT molecular complexity index is 460. The van der Waals surface area contributed by atoms with Crippen LogP contribution in [0.25, 0.3) is 0 Å². The summed E-state index contributed by atoms with van der Waals surface area (Å²) in [7, 11) is 0. The van der Waals surface area contributed by atoms with Gasteiger partial charge < -0.3 is 9.88 Å². The second-order valence-electron chi connectivity index (χ2n) is 6.54. The summed E-state index contributed by atoms with van der Waals surface area (Å²) in [4.78, 5) is 20.8. The molecule has 1 aromatic rings. The second-order valence-corrected chi connectivity index (χ2v) is 6.54. The fraction of sp³-hybridized carbons (Fsp3) is 0.733. The Morgan fingerprint density at radius 2 is 2.20 bits per heavy atom. The zero-order chi connectivity index (χ0) is 13.5. The number of H-pyrrole nitrogens is 1. The van der Waals surface area contributed by atoms with Crippen molar-refractivity contribution in [3.8, 4) is 0 Å². The Morgan fingerprint density at radius 3 is 2.95 bits per heavy atom. The van der Waals surface area contributed by atoms with Crippen LogP contribution in [0.4, 0.5) is 0 Å². The average molecular weight is 274 g/mol. The molecule has 1 aromatic heterocycles. The highest BCUT2D eigenvalue weighted by Crippen LogP contribution is 2.45. The van der Waals surface area contributed by atoms with Crippen molar-refractivity contribution in [3.05, 3.63) is 18.2 Å². The van der Waals surface area contributed by atoms with E-state index >= 15 is 0 Å². The molecule has 0 spiro atoms. The van der Waals surface area contributed by atoms with Crippen molar-refractivity contribution in [1.29, 1.82) is 0 Å². The maximum absolute atomic E-state index is 11.6. The smallest absolute Gasteiger partial charge is 0.211 e. The lowest BCUT2D eigenvalue weighted by atomic mass is 9.85. The van der Waals surface area contributed by atoms with Crippen molar-refractivity contribution in [2.24, 2.45) is 5.92 Å². The first-order chi connectivity index (χ1) is 9.86. The van der Waals surface area contributed by atoms with Gasteiger partial charge in [-0.05, 0) is 31.6 Å². The van der Waals surface area contributed by atoms with Crippen molar-refractivity contribution in [2.75, 3.05) is 0 Å². The van der Waals surface area contributed by atoms with Gasteiger partial charge in [-0.15, -0.1) is 0 Å². The molecular formula is C15H22N4O. The van der Waals surface area contributed by atoms with Crippen LogP contribution in [0.15, 0.2) is 12.5 Å². The van der Waals surface area contributed by atoms with Gasteiger partial charge in [0.15, 0.2) is 0 Å². The summed E-state index contributed by atoms with van der Waals surface area (Å²) in [5.74, 6) is 1.23. The van der Waals surface area contributed by atoms with Gasteiger partial charge in [0.25, 0.3) is 0 Å². The van der Waals surface area contributed by atoms with Crippen molar-refractivity contribution in [2.45, 2.75) is 62.7 Å². The van der Waals surface area contributed by atoms with Gasteiger partial charge in [0.05, 0.1) is 12.5 Å². The summed E-state index contributed by atoms with van der Waals surface area (Å²) in [6, 6.07) is 0.992. The van der Waals surface area contributed by atoms with Gasteiger partial charge in [-0.1, -0.05) is 12.8 Å². The molecule has 2 aliphatic carbocycles. The normalized spacial score (nSPS) is 39.3. The third kappa shape index (κ3) is 2.04. The Morgan fingerprint density at radius 1 is 1.30 bits per heavy atom. The van der Waals surface area contributed by atoms with Crippen LogP contribution in [0, 0.1) is 5.92 Å². The minimum atomic E-state index is 0.249. The summed E-state index contributed by atoms with van der Waals surface area (Å²) in [5, 5.41) is 3.70. The van der Waals surface area contributed by atoms with Gasteiger partial charge in [-0.2, -0.15) is 0 Å². The molecule has 2 heterocycles. The number of imidazole rings is 1. The summed E-state index contributed by atoms with van der Waals surface area (Å²) in [6.07, 6.45) is 12.4. The quantitative estimate of drug-likeness (QED) is 0.820. The maximum Gasteiger partial charge on any atom is 0.211 e. The SMILES string of the molecule is O=CN(C1CC2CCCC[C@@H]2N1)[C@@H]1C[C@H]1c1cnc[nH]1. The Hall–Kier alpha value is -1.36. The number of aromatic amines is 1. The van der Waals surface area contributed by atoms with Crippen molar-refractivity contribution in [3.63, 3.8) is 0 Å². The zero-order valence-corrected chi connectivity index (χ0v) is 11.7. The Balaban J connectivity index is 1.43. The van der Waals surface area contributed by atoms with Gasteiger partial charge in [-0.3, -0.25) is 10.1 Å². The molecule has 0 bridgehead atoms. The van der Waals surface area contributed by atoms with Gasteiger partial charge in [0.2, 0.25) is 6.41 Å². The van der Waals surface area contributed by atoms with E-state index in [2.05, 4.69) is 15.3 Å². The highest BCUT2D eigenvalue weighted by Gasteiger charge is 2.48. The summed E-state index contributed by atoms with van der Waals surface area (Å²) in [6.45, 7) is 0. The number of nitrogens with zero attached hydrogens (tertiary/aromatic N) is 2. The third-order valence-corrected chi connectivity index (χ3v) is 5.38. The molecular weight excluding hydrogens is 252 g/mol. The number of carbonyl (C=O) groups excluding carboxylic acids is 1. The monoisotopic (exact) mass is 274 g/mol. The van der Waals surface area contributed by atoms with Crippen LogP contribution >= 0.6 is 0 Å². The van der Waals surface area contributed by atoms with Crippen LogP contribution < -0.4 is 5.32 Å². The molecule has 2 saturated carbocycles. The number of hydrogen-bond acceptors (Lipinski definition) is 3. The largest absolute Gasteiger partial charge is 0.348 e. The van der Waals surface area contributed by atoms with E-state index in [0.29, 0.717) is 18.0 Å². The molecule has 3 fully saturated rings. The lowest BCUT2D eigenvalue weighted by Gasteiger charge is -2.26. The fourth-order valence-electron chi connectivity index (χ4n) is 4.22. The predicted octanol–water partition coefficient (Wildman–Crippen LogP) is 1.60. The van der Waals surface area contributed by atoms with E-state index in [4.69, 9.17) is 0 Å². The van der Waals surface area contributed by atoms with Gasteiger partial charge in [0, 0.05) is 29.9 Å². The van der Waals surface area contributed by atoms with Crippen LogP contribution in [-0.4, -0.2) is 39.5 Å². The first-order valence-electron chi connectivity index (χ1n) is 7.84. The van der Waals surface area contributed by atoms with Crippen LogP contribution in [0.2, 0.25) is 0 Å². The van der Waals surface area contributed by atoms with E-state index in [-0.39, 0.29) is 6.17 Å². The summed E-state index contributed by atoms with van der Waals surface area (Å²) >= 11 is 0. The lowest BCUT2D eigenvalue weighted by molar-refractivity contribution is -0.121. The van der Waals surface area contributed by atoms with Crippen molar-refractivity contribution in [1.82, 2.24) is 20.2 Å². The zero-order valence-electron chi connectivity index (χ0n) is 11.7. The fourth-order valence-corrected chi connectivity index (χ4v) is 4.22. The number of rotatable bonds is 4. The number of hydrogen-bond donors (Lipinski definition) is 2. The topological polar surface area (TPSA) is 61.0 Å². The van der Waals surface area contributed by atoms with E-state index in [1.54, 1.807) is 6.33 Å². The highest BCUT2D eigenvalue weighted by molar-refractivity contribution is 5.51. The van der Waals surface area contributed by atoms with Crippen LogP contribution in [0.3, 0.4) is 0 Å². The molecule has 5 nitrogen and oxygen atoms in total. The van der Waals surface area contributed by atoms with Crippen LogP contribution in [0.1, 0.15) is 50.1 Å². The molecule has 0 aromatic carbocycles. The molecule has 1 aliphatic heterocycles. The highest BCUT2D eigenvalue weighted by atomic mass is 16.1. The van der Waals surface area contributed by atoms with E-state index in [1.165, 1.54) is 25.7 Å². The Labute approximate surface area is 119 Å². The standard InChI is InChI=1S/C15H22N4O/c20-9-19(14-6-11(14)13-7-16-8-17-13)15-5-10-3-1-2-4-12(10)18-15/h7-12,14-15,18H,1-6H2,(H,16,17)/t10?,11-,12-,14+,15?/m0/s1. The van der Waals surface area contributed by atoms with E-state index in [1.807, 2.05) is 11.1 Å². The molecule has 108 valence electrons. The molecule has 4 rings (SSSR count). The average Bonchev–Trinajstić information content (AvgIpc) is 2.93. The molecule has 1 amide bonds. The number of carbonyl (C=O) groups is 1. The third-order valence-electron chi connectivity index (χ3n) is 5.38. The van der Waals surface area contributed by atoms with Crippen LogP contribution in [-0.2, 0) is 4.79 Å². The molecule has 2 unspecified atom stereocenters. The number of nitrogens with one attached hydrogen (secondary N) is 2. The van der Waals surface area contributed by atoms with E-state index in [0.717, 1.165) is 30.9 Å². The van der Waals surface area contributed by atoms with Gasteiger partial charge in [0.1, 0.15) is 0 Å². The minimum absolute atomic E-state index is 0.249. The summed E-state index contributed by atoms with van der Waals surface area (Å²) < 4.78 is 0. The summed E-state index contributed by atoms with van der Waals surface area (Å²) in [5.41, 5.74) is 1.16. The van der Waals surface area contributed by atoms with Gasteiger partial charge in [-0.25, -0.2) is 4.98 Å². The number of aromatic nitrogens is 2. The second kappa shape index (κ2) is 4.88.